The van der Waals surface area contributed by atoms with Crippen molar-refractivity contribution in [3.63, 3.8) is 0 Å². The first-order valence-electron chi connectivity index (χ1n) is 10.3. The Morgan fingerprint density at radius 2 is 1.96 bits per heavy atom. The fourth-order valence-electron chi connectivity index (χ4n) is 6.31. The zero-order valence-corrected chi connectivity index (χ0v) is 15.3. The average Bonchev–Trinajstić information content (AvgIpc) is 3.37. The predicted octanol–water partition coefficient (Wildman–Crippen LogP) is 3.86. The van der Waals surface area contributed by atoms with Crippen LogP contribution >= 0.6 is 0 Å². The molecule has 5 atom stereocenters. The molecule has 4 aliphatic carbocycles. The minimum absolute atomic E-state index is 0.0991. The number of aliphatic hydroxyl groups is 1. The van der Waals surface area contributed by atoms with Crippen molar-refractivity contribution in [2.24, 2.45) is 17.3 Å². The lowest BCUT2D eigenvalue weighted by Gasteiger charge is -2.50. The molecular formula is C22H31NO2. The summed E-state index contributed by atoms with van der Waals surface area (Å²) in [6.45, 7) is 3.13. The monoisotopic (exact) mass is 341 g/mol. The quantitative estimate of drug-likeness (QED) is 0.782. The van der Waals surface area contributed by atoms with E-state index in [1.165, 1.54) is 43.2 Å². The lowest BCUT2D eigenvalue weighted by atomic mass is 9.55. The molecule has 25 heavy (non-hydrogen) atoms. The van der Waals surface area contributed by atoms with Gasteiger partial charge in [0.2, 0.25) is 0 Å². The van der Waals surface area contributed by atoms with Gasteiger partial charge in [0.1, 0.15) is 5.75 Å². The smallest absolute Gasteiger partial charge is 0.120 e. The Morgan fingerprint density at radius 1 is 1.12 bits per heavy atom. The normalized spacial score (nSPS) is 39.6. The Labute approximate surface area is 150 Å². The summed E-state index contributed by atoms with van der Waals surface area (Å²) >= 11 is 0. The number of hydrogen-bond acceptors (Lipinski definition) is 3. The molecule has 0 heterocycles. The van der Waals surface area contributed by atoms with Gasteiger partial charge in [-0.25, -0.2) is 0 Å². The second kappa shape index (κ2) is 5.72. The maximum Gasteiger partial charge on any atom is 0.120 e. The topological polar surface area (TPSA) is 52.5 Å². The first-order valence-corrected chi connectivity index (χ1v) is 10.3. The molecule has 1 aromatic carbocycles. The Balaban J connectivity index is 1.45. The van der Waals surface area contributed by atoms with Crippen molar-refractivity contribution < 1.29 is 10.2 Å². The summed E-state index contributed by atoms with van der Waals surface area (Å²) in [7, 11) is 0. The third kappa shape index (κ3) is 2.54. The van der Waals surface area contributed by atoms with Crippen LogP contribution in [0.2, 0.25) is 0 Å². The van der Waals surface area contributed by atoms with E-state index in [2.05, 4.69) is 18.3 Å². The van der Waals surface area contributed by atoms with E-state index in [9.17, 15) is 10.2 Å². The largest absolute Gasteiger partial charge is 0.508 e. The van der Waals surface area contributed by atoms with Gasteiger partial charge in [-0.1, -0.05) is 13.0 Å². The van der Waals surface area contributed by atoms with Crippen LogP contribution in [0.25, 0.3) is 0 Å². The molecule has 0 aromatic heterocycles. The predicted molar refractivity (Wildman–Crippen MR) is 98.6 cm³/mol. The van der Waals surface area contributed by atoms with E-state index in [0.29, 0.717) is 23.6 Å². The molecule has 0 spiro atoms. The summed E-state index contributed by atoms with van der Waals surface area (Å²) in [5.41, 5.74) is 4.10. The number of hydrogen-bond donors (Lipinski definition) is 3. The number of phenolic OH excluding ortho intramolecular Hbond substituents is 1. The maximum atomic E-state index is 10.5. The minimum Gasteiger partial charge on any atom is -0.508 e. The average molecular weight is 341 g/mol. The first kappa shape index (κ1) is 16.1. The highest BCUT2D eigenvalue weighted by atomic mass is 16.3. The summed E-state index contributed by atoms with van der Waals surface area (Å²) in [6.07, 6.45) is 9.30. The van der Waals surface area contributed by atoms with Crippen molar-refractivity contribution in [1.82, 2.24) is 5.32 Å². The number of phenols is 1. The van der Waals surface area contributed by atoms with Crippen molar-refractivity contribution in [2.75, 3.05) is 0 Å². The Bertz CT molecular complexity index is 683. The molecule has 1 aromatic rings. The van der Waals surface area contributed by atoms with Crippen molar-refractivity contribution in [3.8, 4) is 5.75 Å². The number of aliphatic hydroxyl groups excluding tert-OH is 1. The molecule has 0 radical (unpaired) electrons. The van der Waals surface area contributed by atoms with Gasteiger partial charge in [-0.3, -0.25) is 0 Å². The van der Waals surface area contributed by atoms with Gasteiger partial charge in [-0.2, -0.15) is 0 Å². The van der Waals surface area contributed by atoms with E-state index in [4.69, 9.17) is 0 Å². The van der Waals surface area contributed by atoms with E-state index in [1.54, 1.807) is 0 Å². The van der Waals surface area contributed by atoms with Crippen LogP contribution in [-0.2, 0) is 13.0 Å². The van der Waals surface area contributed by atoms with Crippen LogP contribution in [0.3, 0.4) is 0 Å². The molecule has 3 heteroatoms. The van der Waals surface area contributed by atoms with E-state index in [-0.39, 0.29) is 11.5 Å². The van der Waals surface area contributed by atoms with E-state index in [1.807, 2.05) is 6.07 Å². The highest BCUT2D eigenvalue weighted by Crippen LogP contribution is 2.61. The van der Waals surface area contributed by atoms with Crippen LogP contribution in [0.4, 0.5) is 0 Å². The second-order valence-corrected chi connectivity index (χ2v) is 9.39. The van der Waals surface area contributed by atoms with Crippen LogP contribution in [0.15, 0.2) is 12.1 Å². The van der Waals surface area contributed by atoms with E-state index < -0.39 is 0 Å². The molecule has 3 nitrogen and oxygen atoms in total. The molecule has 3 N–H and O–H groups in total. The third-order valence-electron chi connectivity index (χ3n) is 8.03. The number of rotatable bonds is 3. The molecule has 0 aliphatic heterocycles. The number of nitrogens with one attached hydrogen (secondary N) is 1. The lowest BCUT2D eigenvalue weighted by Crippen LogP contribution is -2.43. The molecule has 3 fully saturated rings. The van der Waals surface area contributed by atoms with Crippen LogP contribution in [-0.4, -0.2) is 22.4 Å². The standard InChI is InChI=1S/C22H31NO2/c1-22-9-8-16-17(19(22)6-7-21(22)25)5-2-13-11-20(24)14(10-18(13)16)12-23-15-3-4-15/h10-11,15-17,19,21,23-25H,2-9,12H2,1H3/t16-,17+,19-,21-,22-/m0/s1. The van der Waals surface area contributed by atoms with Gasteiger partial charge in [-0.15, -0.1) is 0 Å². The van der Waals surface area contributed by atoms with E-state index >= 15 is 0 Å². The zero-order valence-electron chi connectivity index (χ0n) is 15.3. The molecular weight excluding hydrogens is 310 g/mol. The Hall–Kier alpha value is -1.06. The Morgan fingerprint density at radius 3 is 2.76 bits per heavy atom. The summed E-state index contributed by atoms with van der Waals surface area (Å²) in [5, 5.41) is 24.5. The fraction of sp³-hybridized carbons (Fsp3) is 0.727. The highest BCUT2D eigenvalue weighted by Gasteiger charge is 2.54. The zero-order chi connectivity index (χ0) is 17.2. The van der Waals surface area contributed by atoms with Crippen molar-refractivity contribution in [1.29, 1.82) is 0 Å². The minimum atomic E-state index is -0.0991. The van der Waals surface area contributed by atoms with E-state index in [0.717, 1.165) is 37.3 Å². The lowest BCUT2D eigenvalue weighted by molar-refractivity contribution is -0.0226. The van der Waals surface area contributed by atoms with Crippen LogP contribution in [0, 0.1) is 17.3 Å². The van der Waals surface area contributed by atoms with Gasteiger partial charge in [0, 0.05) is 18.2 Å². The summed E-state index contributed by atoms with van der Waals surface area (Å²) in [5.74, 6) is 2.50. The SMILES string of the molecule is C[C@]12CC[C@@H]3c4cc(CNC5CC5)c(O)cc4CC[C@H]3[C@@H]1CC[C@@H]2O. The second-order valence-electron chi connectivity index (χ2n) is 9.39. The number of fused-ring (bicyclic) bond motifs is 5. The molecule has 5 rings (SSSR count). The van der Waals surface area contributed by atoms with Crippen LogP contribution < -0.4 is 5.32 Å². The fourth-order valence-corrected chi connectivity index (χ4v) is 6.31. The van der Waals surface area contributed by atoms with Gasteiger partial charge >= 0.3 is 0 Å². The van der Waals surface area contributed by atoms with Gasteiger partial charge in [0.05, 0.1) is 6.10 Å². The molecule has 0 saturated heterocycles. The highest BCUT2D eigenvalue weighted by molar-refractivity contribution is 5.45. The summed E-state index contributed by atoms with van der Waals surface area (Å²) in [4.78, 5) is 0. The van der Waals surface area contributed by atoms with Crippen LogP contribution in [0.5, 0.6) is 5.75 Å². The Kier molecular flexibility index (Phi) is 3.69. The third-order valence-corrected chi connectivity index (χ3v) is 8.03. The molecule has 0 bridgehead atoms. The summed E-state index contributed by atoms with van der Waals surface area (Å²) in [6, 6.07) is 5.02. The maximum absolute atomic E-state index is 10.5. The number of benzene rings is 1. The number of aryl methyl sites for hydroxylation is 1. The first-order chi connectivity index (χ1) is 12.1. The molecule has 136 valence electrons. The number of aromatic hydroxyl groups is 1. The van der Waals surface area contributed by atoms with Crippen molar-refractivity contribution in [2.45, 2.75) is 82.9 Å². The van der Waals surface area contributed by atoms with Gasteiger partial charge in [-0.05, 0) is 91.7 Å². The van der Waals surface area contributed by atoms with Crippen molar-refractivity contribution in [3.05, 3.63) is 28.8 Å². The van der Waals surface area contributed by atoms with Gasteiger partial charge < -0.3 is 15.5 Å². The molecule has 0 unspecified atom stereocenters. The molecule has 0 amide bonds. The van der Waals surface area contributed by atoms with Gasteiger partial charge in [0.15, 0.2) is 0 Å². The van der Waals surface area contributed by atoms with Crippen LogP contribution in [0.1, 0.15) is 74.5 Å². The summed E-state index contributed by atoms with van der Waals surface area (Å²) < 4.78 is 0. The van der Waals surface area contributed by atoms with Gasteiger partial charge in [0.25, 0.3) is 0 Å². The molecule has 4 aliphatic rings. The van der Waals surface area contributed by atoms with Crippen molar-refractivity contribution >= 4 is 0 Å². The molecule has 3 saturated carbocycles.